The lowest BCUT2D eigenvalue weighted by Gasteiger charge is -2.14. The Morgan fingerprint density at radius 3 is 2.65 bits per heavy atom. The van der Waals surface area contributed by atoms with Crippen LogP contribution in [0.3, 0.4) is 0 Å². The monoisotopic (exact) mass is 294 g/mol. The van der Waals surface area contributed by atoms with Gasteiger partial charge in [-0.05, 0) is 42.0 Å². The molecule has 1 aliphatic carbocycles. The third-order valence-corrected chi connectivity index (χ3v) is 3.73. The van der Waals surface area contributed by atoms with Crippen molar-refractivity contribution in [2.75, 3.05) is 0 Å². The minimum Gasteiger partial charge on any atom is -0.478 e. The summed E-state index contributed by atoms with van der Waals surface area (Å²) in [4.78, 5) is 10.9. The quantitative estimate of drug-likeness (QED) is 0.852. The third kappa shape index (κ3) is 3.19. The first-order valence-electron chi connectivity index (χ1n) is 5.87. The van der Waals surface area contributed by atoms with Crippen LogP contribution in [0.5, 0.6) is 0 Å². The van der Waals surface area contributed by atoms with E-state index in [2.05, 4.69) is 15.9 Å². The van der Waals surface area contributed by atoms with Crippen LogP contribution in [-0.4, -0.2) is 11.1 Å². The van der Waals surface area contributed by atoms with Gasteiger partial charge in [0.1, 0.15) is 0 Å². The highest BCUT2D eigenvalue weighted by Crippen LogP contribution is 2.37. The summed E-state index contributed by atoms with van der Waals surface area (Å²) in [6.07, 6.45) is 5.99. The second kappa shape index (κ2) is 5.50. The van der Waals surface area contributed by atoms with Crippen LogP contribution in [0.4, 0.5) is 0 Å². The summed E-state index contributed by atoms with van der Waals surface area (Å²) in [5.74, 6) is -0.452. The molecule has 0 heterocycles. The van der Waals surface area contributed by atoms with E-state index >= 15 is 0 Å². The number of carbonyl (C=O) groups is 1. The highest BCUT2D eigenvalue weighted by Gasteiger charge is 2.21. The maximum atomic E-state index is 10.9. The maximum absolute atomic E-state index is 10.9. The van der Waals surface area contributed by atoms with Gasteiger partial charge in [-0.1, -0.05) is 40.9 Å². The minimum atomic E-state index is -0.855. The number of allylic oxidation sites excluding steroid dienone is 1. The smallest absolute Gasteiger partial charge is 0.328 e. The summed E-state index contributed by atoms with van der Waals surface area (Å²) < 4.78 is 0.990. The SMILES string of the molecule is O=C(O)/C=C(/c1cccc(Br)c1)C1CCCC1. The van der Waals surface area contributed by atoms with E-state index in [0.717, 1.165) is 28.5 Å². The summed E-state index contributed by atoms with van der Waals surface area (Å²) in [6, 6.07) is 7.88. The van der Waals surface area contributed by atoms with Gasteiger partial charge in [0.2, 0.25) is 0 Å². The van der Waals surface area contributed by atoms with Crippen LogP contribution in [0, 0.1) is 5.92 Å². The molecule has 2 rings (SSSR count). The van der Waals surface area contributed by atoms with Gasteiger partial charge in [0, 0.05) is 10.5 Å². The van der Waals surface area contributed by atoms with Gasteiger partial charge in [-0.3, -0.25) is 0 Å². The highest BCUT2D eigenvalue weighted by atomic mass is 79.9. The topological polar surface area (TPSA) is 37.3 Å². The Kier molecular flexibility index (Phi) is 4.00. The lowest BCUT2D eigenvalue weighted by molar-refractivity contribution is -0.131. The van der Waals surface area contributed by atoms with E-state index in [1.165, 1.54) is 18.9 Å². The van der Waals surface area contributed by atoms with E-state index in [9.17, 15) is 4.79 Å². The van der Waals surface area contributed by atoms with Crippen LogP contribution in [0.1, 0.15) is 31.2 Å². The first-order valence-corrected chi connectivity index (χ1v) is 6.66. The third-order valence-electron chi connectivity index (χ3n) is 3.23. The maximum Gasteiger partial charge on any atom is 0.328 e. The lowest BCUT2D eigenvalue weighted by atomic mass is 9.91. The summed E-state index contributed by atoms with van der Waals surface area (Å²) in [5, 5.41) is 8.99. The molecular formula is C14H15BrO2. The number of rotatable bonds is 3. The Labute approximate surface area is 109 Å². The van der Waals surface area contributed by atoms with Gasteiger partial charge in [-0.15, -0.1) is 0 Å². The zero-order valence-corrected chi connectivity index (χ0v) is 11.1. The molecule has 0 amide bonds. The fraction of sp³-hybridized carbons (Fsp3) is 0.357. The van der Waals surface area contributed by atoms with Crippen LogP contribution in [-0.2, 0) is 4.79 Å². The number of aliphatic carboxylic acids is 1. The highest BCUT2D eigenvalue weighted by molar-refractivity contribution is 9.10. The Hall–Kier alpha value is -1.09. The molecule has 0 bridgehead atoms. The van der Waals surface area contributed by atoms with E-state index < -0.39 is 5.97 Å². The Balaban J connectivity index is 2.36. The molecule has 1 aliphatic rings. The molecule has 2 nitrogen and oxygen atoms in total. The predicted molar refractivity (Wildman–Crippen MR) is 71.7 cm³/mol. The van der Waals surface area contributed by atoms with Gasteiger partial charge < -0.3 is 5.11 Å². The summed E-state index contributed by atoms with van der Waals surface area (Å²) in [5.41, 5.74) is 1.99. The summed E-state index contributed by atoms with van der Waals surface area (Å²) >= 11 is 3.43. The second-order valence-electron chi connectivity index (χ2n) is 4.43. The van der Waals surface area contributed by atoms with Gasteiger partial charge in [0.05, 0.1) is 0 Å². The van der Waals surface area contributed by atoms with Gasteiger partial charge >= 0.3 is 5.97 Å². The first kappa shape index (κ1) is 12.4. The van der Waals surface area contributed by atoms with E-state index in [4.69, 9.17) is 5.11 Å². The Morgan fingerprint density at radius 2 is 2.06 bits per heavy atom. The van der Waals surface area contributed by atoms with Crippen LogP contribution in [0.2, 0.25) is 0 Å². The molecule has 1 aromatic rings. The standard InChI is InChI=1S/C14H15BrO2/c15-12-7-3-6-11(8-12)13(9-14(16)17)10-4-1-2-5-10/h3,6-10H,1-2,4-5H2,(H,16,17)/b13-9+. The van der Waals surface area contributed by atoms with Crippen LogP contribution >= 0.6 is 15.9 Å². The summed E-state index contributed by atoms with van der Waals surface area (Å²) in [6.45, 7) is 0. The molecule has 0 saturated heterocycles. The summed E-state index contributed by atoms with van der Waals surface area (Å²) in [7, 11) is 0. The van der Waals surface area contributed by atoms with Crippen LogP contribution in [0.25, 0.3) is 5.57 Å². The van der Waals surface area contributed by atoms with Crippen molar-refractivity contribution in [2.45, 2.75) is 25.7 Å². The van der Waals surface area contributed by atoms with Crippen LogP contribution in [0.15, 0.2) is 34.8 Å². The van der Waals surface area contributed by atoms with Crippen molar-refractivity contribution in [1.82, 2.24) is 0 Å². The first-order chi connectivity index (χ1) is 8.16. The van der Waals surface area contributed by atoms with E-state index in [-0.39, 0.29) is 0 Å². The van der Waals surface area contributed by atoms with Crippen molar-refractivity contribution >= 4 is 27.5 Å². The van der Waals surface area contributed by atoms with Crippen molar-refractivity contribution in [1.29, 1.82) is 0 Å². The van der Waals surface area contributed by atoms with Crippen molar-refractivity contribution in [3.63, 3.8) is 0 Å². The molecule has 17 heavy (non-hydrogen) atoms. The Bertz CT molecular complexity index is 445. The zero-order chi connectivity index (χ0) is 12.3. The molecule has 0 atom stereocenters. The molecular weight excluding hydrogens is 280 g/mol. The van der Waals surface area contributed by atoms with Crippen LogP contribution < -0.4 is 0 Å². The van der Waals surface area contributed by atoms with Gasteiger partial charge in [-0.2, -0.15) is 0 Å². The fourth-order valence-corrected chi connectivity index (χ4v) is 2.87. The van der Waals surface area contributed by atoms with Gasteiger partial charge in [0.15, 0.2) is 0 Å². The molecule has 3 heteroatoms. The largest absolute Gasteiger partial charge is 0.478 e. The van der Waals surface area contributed by atoms with Crippen molar-refractivity contribution in [3.8, 4) is 0 Å². The number of hydrogen-bond donors (Lipinski definition) is 1. The van der Waals surface area contributed by atoms with Gasteiger partial charge in [-0.25, -0.2) is 4.79 Å². The van der Waals surface area contributed by atoms with Crippen molar-refractivity contribution < 1.29 is 9.90 Å². The number of hydrogen-bond acceptors (Lipinski definition) is 1. The van der Waals surface area contributed by atoms with Crippen molar-refractivity contribution in [2.24, 2.45) is 5.92 Å². The number of carboxylic acid groups (broad SMARTS) is 1. The molecule has 0 aromatic heterocycles. The normalized spacial score (nSPS) is 17.4. The molecule has 0 spiro atoms. The van der Waals surface area contributed by atoms with Crippen molar-refractivity contribution in [3.05, 3.63) is 40.4 Å². The minimum absolute atomic E-state index is 0.403. The molecule has 1 saturated carbocycles. The lowest BCUT2D eigenvalue weighted by Crippen LogP contribution is -2.02. The molecule has 90 valence electrons. The van der Waals surface area contributed by atoms with E-state index in [1.807, 2.05) is 24.3 Å². The average Bonchev–Trinajstić information content (AvgIpc) is 2.79. The molecule has 1 aromatic carbocycles. The number of benzene rings is 1. The molecule has 0 unspecified atom stereocenters. The zero-order valence-electron chi connectivity index (χ0n) is 9.53. The Morgan fingerprint density at radius 1 is 1.35 bits per heavy atom. The number of halogens is 1. The number of carboxylic acids is 1. The molecule has 1 fully saturated rings. The molecule has 1 N–H and O–H groups in total. The van der Waals surface area contributed by atoms with E-state index in [1.54, 1.807) is 0 Å². The molecule has 0 radical (unpaired) electrons. The molecule has 0 aliphatic heterocycles. The average molecular weight is 295 g/mol. The van der Waals surface area contributed by atoms with Gasteiger partial charge in [0.25, 0.3) is 0 Å². The van der Waals surface area contributed by atoms with E-state index in [0.29, 0.717) is 5.92 Å². The predicted octanol–water partition coefficient (Wildman–Crippen LogP) is 4.11. The fourth-order valence-electron chi connectivity index (χ4n) is 2.47. The second-order valence-corrected chi connectivity index (χ2v) is 5.35.